The van der Waals surface area contributed by atoms with Crippen molar-refractivity contribution in [2.24, 2.45) is 5.73 Å². The SMILES string of the molecule is CC(CN)N(C)c1ccc2oc(=O)[nH]c2c1. The second kappa shape index (κ2) is 4.02. The van der Waals surface area contributed by atoms with Crippen molar-refractivity contribution in [1.82, 2.24) is 4.98 Å². The Balaban J connectivity index is 2.42. The first-order valence-corrected chi connectivity index (χ1v) is 5.17. The van der Waals surface area contributed by atoms with Gasteiger partial charge < -0.3 is 15.1 Å². The van der Waals surface area contributed by atoms with Gasteiger partial charge in [0.2, 0.25) is 0 Å². The zero-order valence-electron chi connectivity index (χ0n) is 9.36. The van der Waals surface area contributed by atoms with E-state index in [1.54, 1.807) is 6.07 Å². The molecular weight excluding hydrogens is 206 g/mol. The highest BCUT2D eigenvalue weighted by Gasteiger charge is 2.09. The van der Waals surface area contributed by atoms with E-state index >= 15 is 0 Å². The minimum absolute atomic E-state index is 0.246. The van der Waals surface area contributed by atoms with Gasteiger partial charge in [-0.25, -0.2) is 4.79 Å². The predicted molar refractivity (Wildman–Crippen MR) is 63.8 cm³/mol. The van der Waals surface area contributed by atoms with Crippen LogP contribution in [0.3, 0.4) is 0 Å². The van der Waals surface area contributed by atoms with Crippen LogP contribution in [-0.4, -0.2) is 24.6 Å². The molecule has 86 valence electrons. The van der Waals surface area contributed by atoms with E-state index < -0.39 is 5.76 Å². The van der Waals surface area contributed by atoms with Crippen molar-refractivity contribution in [2.45, 2.75) is 13.0 Å². The normalized spacial score (nSPS) is 12.9. The number of hydrogen-bond donors (Lipinski definition) is 2. The van der Waals surface area contributed by atoms with Crippen molar-refractivity contribution in [3.63, 3.8) is 0 Å². The summed E-state index contributed by atoms with van der Waals surface area (Å²) in [7, 11) is 1.97. The van der Waals surface area contributed by atoms with Gasteiger partial charge in [0.25, 0.3) is 0 Å². The predicted octanol–water partition coefficient (Wildman–Crippen LogP) is 0.904. The van der Waals surface area contributed by atoms with Crippen LogP contribution in [0.1, 0.15) is 6.92 Å². The van der Waals surface area contributed by atoms with Crippen LogP contribution < -0.4 is 16.4 Å². The van der Waals surface area contributed by atoms with Crippen LogP contribution in [0.15, 0.2) is 27.4 Å². The summed E-state index contributed by atoms with van der Waals surface area (Å²) in [5.74, 6) is -0.429. The highest BCUT2D eigenvalue weighted by atomic mass is 16.4. The third-order valence-electron chi connectivity index (χ3n) is 2.81. The number of fused-ring (bicyclic) bond motifs is 1. The standard InChI is InChI=1S/C11H15N3O2/c1-7(6-12)14(2)8-3-4-10-9(5-8)13-11(15)16-10/h3-5,7H,6,12H2,1-2H3,(H,13,15). The average molecular weight is 221 g/mol. The van der Waals surface area contributed by atoms with Gasteiger partial charge in [0, 0.05) is 25.3 Å². The Labute approximate surface area is 92.8 Å². The Morgan fingerprint density at radius 1 is 1.56 bits per heavy atom. The second-order valence-corrected chi connectivity index (χ2v) is 3.89. The minimum Gasteiger partial charge on any atom is -0.408 e. The van der Waals surface area contributed by atoms with Crippen molar-refractivity contribution >= 4 is 16.8 Å². The van der Waals surface area contributed by atoms with Gasteiger partial charge in [0.1, 0.15) is 0 Å². The molecule has 0 spiro atoms. The first-order chi connectivity index (χ1) is 7.61. The maximum atomic E-state index is 11.0. The lowest BCUT2D eigenvalue weighted by Crippen LogP contribution is -2.35. The van der Waals surface area contributed by atoms with Crippen LogP contribution >= 0.6 is 0 Å². The van der Waals surface area contributed by atoms with Crippen molar-refractivity contribution in [2.75, 3.05) is 18.5 Å². The van der Waals surface area contributed by atoms with E-state index in [1.807, 2.05) is 26.1 Å². The van der Waals surface area contributed by atoms with E-state index in [-0.39, 0.29) is 6.04 Å². The zero-order valence-corrected chi connectivity index (χ0v) is 9.36. The maximum Gasteiger partial charge on any atom is 0.417 e. The Hall–Kier alpha value is -1.75. The van der Waals surface area contributed by atoms with Crippen molar-refractivity contribution in [1.29, 1.82) is 0 Å². The molecule has 0 radical (unpaired) electrons. The van der Waals surface area contributed by atoms with E-state index in [0.29, 0.717) is 17.6 Å². The molecule has 1 atom stereocenters. The van der Waals surface area contributed by atoms with Crippen LogP contribution in [0.4, 0.5) is 5.69 Å². The molecule has 0 aliphatic carbocycles. The van der Waals surface area contributed by atoms with Crippen molar-refractivity contribution in [3.05, 3.63) is 28.7 Å². The van der Waals surface area contributed by atoms with E-state index in [4.69, 9.17) is 10.2 Å². The number of anilines is 1. The first kappa shape index (κ1) is 10.8. The molecule has 1 aromatic heterocycles. The quantitative estimate of drug-likeness (QED) is 0.807. The molecule has 2 aromatic rings. The number of nitrogens with two attached hydrogens (primary N) is 1. The number of rotatable bonds is 3. The summed E-state index contributed by atoms with van der Waals surface area (Å²) in [5, 5.41) is 0. The van der Waals surface area contributed by atoms with Crippen LogP contribution in [-0.2, 0) is 0 Å². The van der Waals surface area contributed by atoms with E-state index in [1.165, 1.54) is 0 Å². The molecule has 0 amide bonds. The average Bonchev–Trinajstić information content (AvgIpc) is 2.65. The van der Waals surface area contributed by atoms with Gasteiger partial charge in [-0.3, -0.25) is 4.98 Å². The maximum absolute atomic E-state index is 11.0. The lowest BCUT2D eigenvalue weighted by Gasteiger charge is -2.25. The van der Waals surface area contributed by atoms with Crippen molar-refractivity contribution in [3.8, 4) is 0 Å². The Kier molecular flexibility index (Phi) is 2.70. The summed E-state index contributed by atoms with van der Waals surface area (Å²) in [4.78, 5) is 15.7. The third kappa shape index (κ3) is 1.81. The number of oxazole rings is 1. The molecular formula is C11H15N3O2. The zero-order chi connectivity index (χ0) is 11.7. The first-order valence-electron chi connectivity index (χ1n) is 5.17. The molecule has 1 unspecified atom stereocenters. The molecule has 5 heteroatoms. The lowest BCUT2D eigenvalue weighted by molar-refractivity contribution is 0.555. The number of H-pyrrole nitrogens is 1. The number of benzene rings is 1. The van der Waals surface area contributed by atoms with Crippen LogP contribution in [0.25, 0.3) is 11.1 Å². The third-order valence-corrected chi connectivity index (χ3v) is 2.81. The summed E-state index contributed by atoms with van der Waals surface area (Å²) in [6.07, 6.45) is 0. The summed E-state index contributed by atoms with van der Waals surface area (Å²) in [5.41, 5.74) is 7.89. The summed E-state index contributed by atoms with van der Waals surface area (Å²) >= 11 is 0. The molecule has 1 aromatic carbocycles. The molecule has 0 aliphatic heterocycles. The molecule has 0 saturated carbocycles. The number of hydrogen-bond acceptors (Lipinski definition) is 4. The Bertz CT molecular complexity index is 543. The van der Waals surface area contributed by atoms with Crippen LogP contribution in [0.5, 0.6) is 0 Å². The smallest absolute Gasteiger partial charge is 0.408 e. The molecule has 2 rings (SSSR count). The minimum atomic E-state index is -0.429. The van der Waals surface area contributed by atoms with Gasteiger partial charge in [-0.05, 0) is 25.1 Å². The lowest BCUT2D eigenvalue weighted by atomic mass is 10.2. The van der Waals surface area contributed by atoms with Crippen LogP contribution in [0, 0.1) is 0 Å². The summed E-state index contributed by atoms with van der Waals surface area (Å²) in [6.45, 7) is 2.62. The van der Waals surface area contributed by atoms with Gasteiger partial charge >= 0.3 is 5.76 Å². The molecule has 5 nitrogen and oxygen atoms in total. The fraction of sp³-hybridized carbons (Fsp3) is 0.364. The van der Waals surface area contributed by atoms with E-state index in [9.17, 15) is 4.79 Å². The molecule has 3 N–H and O–H groups in total. The van der Waals surface area contributed by atoms with Gasteiger partial charge in [0.15, 0.2) is 5.58 Å². The van der Waals surface area contributed by atoms with Gasteiger partial charge in [-0.2, -0.15) is 0 Å². The van der Waals surface area contributed by atoms with Crippen molar-refractivity contribution < 1.29 is 4.42 Å². The number of nitrogens with zero attached hydrogens (tertiary/aromatic N) is 1. The van der Waals surface area contributed by atoms with Gasteiger partial charge in [-0.1, -0.05) is 0 Å². The molecule has 16 heavy (non-hydrogen) atoms. The number of likely N-dealkylation sites (N-methyl/N-ethyl adjacent to an activating group) is 1. The highest BCUT2D eigenvalue weighted by Crippen LogP contribution is 2.20. The topological polar surface area (TPSA) is 75.3 Å². The van der Waals surface area contributed by atoms with E-state index in [2.05, 4.69) is 9.88 Å². The Morgan fingerprint density at radius 2 is 2.31 bits per heavy atom. The molecule has 0 saturated heterocycles. The monoisotopic (exact) mass is 221 g/mol. The molecule has 0 aliphatic rings. The number of aromatic nitrogens is 1. The summed E-state index contributed by atoms with van der Waals surface area (Å²) in [6, 6.07) is 5.82. The van der Waals surface area contributed by atoms with E-state index in [0.717, 1.165) is 5.69 Å². The highest BCUT2D eigenvalue weighted by molar-refractivity contribution is 5.77. The number of nitrogens with one attached hydrogen (secondary N) is 1. The second-order valence-electron chi connectivity index (χ2n) is 3.89. The van der Waals surface area contributed by atoms with Gasteiger partial charge in [0.05, 0.1) is 5.52 Å². The van der Waals surface area contributed by atoms with Gasteiger partial charge in [-0.15, -0.1) is 0 Å². The van der Waals surface area contributed by atoms with Crippen LogP contribution in [0.2, 0.25) is 0 Å². The molecule has 0 bridgehead atoms. The molecule has 1 heterocycles. The summed E-state index contributed by atoms with van der Waals surface area (Å²) < 4.78 is 4.94. The Morgan fingerprint density at radius 3 is 3.00 bits per heavy atom. The largest absolute Gasteiger partial charge is 0.417 e. The fourth-order valence-corrected chi connectivity index (χ4v) is 1.57. The fourth-order valence-electron chi connectivity index (χ4n) is 1.57. The number of aromatic amines is 1. The molecule has 0 fully saturated rings.